The summed E-state index contributed by atoms with van der Waals surface area (Å²) in [7, 11) is -1.25. The van der Waals surface area contributed by atoms with Gasteiger partial charge in [0, 0.05) is 31.6 Å². The molecule has 0 N–H and O–H groups in total. The van der Waals surface area contributed by atoms with Crippen LogP contribution in [0, 0.1) is 6.57 Å². The Morgan fingerprint density at radius 2 is 1.74 bits per heavy atom. The van der Waals surface area contributed by atoms with E-state index in [9.17, 15) is 4.79 Å². The van der Waals surface area contributed by atoms with Crippen molar-refractivity contribution in [2.24, 2.45) is 0 Å². The van der Waals surface area contributed by atoms with Crippen molar-refractivity contribution in [1.29, 1.82) is 0 Å². The second kappa shape index (κ2) is 15.2. The molecule has 0 aliphatic carbocycles. The molecule has 0 aromatic heterocycles. The Kier molecular flexibility index (Phi) is 13.8. The highest BCUT2D eigenvalue weighted by Crippen LogP contribution is 2.52. The van der Waals surface area contributed by atoms with Gasteiger partial charge in [-0.2, -0.15) is 0 Å². The second-order valence-electron chi connectivity index (χ2n) is 9.24. The van der Waals surface area contributed by atoms with Crippen molar-refractivity contribution >= 4 is 14.4 Å². The molecule has 180 valence electrons. The number of rotatable bonds is 15. The summed E-state index contributed by atoms with van der Waals surface area (Å²) in [4.78, 5) is 18.1. The standard InChI is InChI=1S/C24H46N3O3P/c1-8-10-11-12-13-23(28)26-18-15-24(14-9-2,16-19-26)30-31(29-20-17-25-7)27(21(3)4)22(5)6/h21-22H,8-20H2,1-6H3. The van der Waals surface area contributed by atoms with Gasteiger partial charge < -0.3 is 18.8 Å². The van der Waals surface area contributed by atoms with Gasteiger partial charge in [-0.05, 0) is 53.4 Å². The Balaban J connectivity index is 2.82. The maximum Gasteiger partial charge on any atom is 0.260 e. The van der Waals surface area contributed by atoms with E-state index in [0.717, 1.165) is 51.6 Å². The first-order valence-electron chi connectivity index (χ1n) is 12.3. The van der Waals surface area contributed by atoms with Gasteiger partial charge in [-0.25, -0.2) is 11.2 Å². The third-order valence-corrected chi connectivity index (χ3v) is 8.15. The normalized spacial score (nSPS) is 17.4. The van der Waals surface area contributed by atoms with E-state index < -0.39 is 8.53 Å². The SMILES string of the molecule is [C-]#[N+]CCOP(OC1(CCC)CCN(C(=O)CCCCCC)CC1)N(C(C)C)C(C)C. The molecule has 1 rings (SSSR count). The third-order valence-electron chi connectivity index (χ3n) is 5.90. The van der Waals surface area contributed by atoms with E-state index in [2.05, 4.69) is 51.1 Å². The molecule has 0 spiro atoms. The van der Waals surface area contributed by atoms with Crippen molar-refractivity contribution in [2.75, 3.05) is 26.2 Å². The number of carbonyl (C=O) groups is 1. The zero-order valence-corrected chi connectivity index (χ0v) is 21.8. The first kappa shape index (κ1) is 28.3. The predicted octanol–water partition coefficient (Wildman–Crippen LogP) is 6.42. The number of carbonyl (C=O) groups excluding carboxylic acids is 1. The summed E-state index contributed by atoms with van der Waals surface area (Å²) in [5, 5.41) is 0. The topological polar surface area (TPSA) is 46.4 Å². The highest BCUT2D eigenvalue weighted by Gasteiger charge is 2.41. The van der Waals surface area contributed by atoms with Gasteiger partial charge in [-0.15, -0.1) is 0 Å². The van der Waals surface area contributed by atoms with E-state index in [0.29, 0.717) is 37.6 Å². The molecule has 1 fully saturated rings. The molecular weight excluding hydrogens is 409 g/mol. The largest absolute Gasteiger partial charge is 0.342 e. The van der Waals surface area contributed by atoms with Crippen molar-refractivity contribution in [3.8, 4) is 0 Å². The zero-order chi connectivity index (χ0) is 23.3. The molecule has 7 heteroatoms. The molecule has 0 bridgehead atoms. The van der Waals surface area contributed by atoms with Crippen molar-refractivity contribution in [3.63, 3.8) is 0 Å². The minimum Gasteiger partial charge on any atom is -0.342 e. The Morgan fingerprint density at radius 3 is 2.26 bits per heavy atom. The maximum atomic E-state index is 12.6. The van der Waals surface area contributed by atoms with Crippen LogP contribution in [-0.2, 0) is 13.8 Å². The van der Waals surface area contributed by atoms with Crippen LogP contribution in [0.2, 0.25) is 0 Å². The fraction of sp³-hybridized carbons (Fsp3) is 0.917. The number of hydrogen-bond acceptors (Lipinski definition) is 4. The van der Waals surface area contributed by atoms with Crippen LogP contribution in [0.15, 0.2) is 0 Å². The van der Waals surface area contributed by atoms with Crippen LogP contribution < -0.4 is 0 Å². The summed E-state index contributed by atoms with van der Waals surface area (Å²) in [6.45, 7) is 22.4. The molecular formula is C24H46N3O3P. The molecule has 0 radical (unpaired) electrons. The lowest BCUT2D eigenvalue weighted by Crippen LogP contribution is -2.48. The maximum absolute atomic E-state index is 12.6. The third kappa shape index (κ3) is 9.74. The summed E-state index contributed by atoms with van der Waals surface area (Å²) >= 11 is 0. The van der Waals surface area contributed by atoms with E-state index in [1.165, 1.54) is 12.8 Å². The molecule has 1 saturated heterocycles. The van der Waals surface area contributed by atoms with Crippen molar-refractivity contribution in [3.05, 3.63) is 11.4 Å². The lowest BCUT2D eigenvalue weighted by Gasteiger charge is -2.46. The smallest absolute Gasteiger partial charge is 0.260 e. The summed E-state index contributed by atoms with van der Waals surface area (Å²) < 4.78 is 15.3. The average Bonchev–Trinajstić information content (AvgIpc) is 2.71. The summed E-state index contributed by atoms with van der Waals surface area (Å²) in [6.07, 6.45) is 8.94. The second-order valence-corrected chi connectivity index (χ2v) is 10.6. The van der Waals surface area contributed by atoms with Crippen molar-refractivity contribution in [1.82, 2.24) is 9.57 Å². The lowest BCUT2D eigenvalue weighted by molar-refractivity contribution is -0.135. The monoisotopic (exact) mass is 455 g/mol. The summed E-state index contributed by atoms with van der Waals surface area (Å²) in [6, 6.07) is 0.588. The lowest BCUT2D eigenvalue weighted by atomic mass is 9.87. The van der Waals surface area contributed by atoms with Gasteiger partial charge in [0.1, 0.15) is 6.61 Å². The van der Waals surface area contributed by atoms with Crippen LogP contribution in [0.1, 0.15) is 99.3 Å². The molecule has 1 unspecified atom stereocenters. The molecule has 0 aromatic rings. The molecule has 0 aromatic carbocycles. The van der Waals surface area contributed by atoms with Crippen LogP contribution in [0.5, 0.6) is 0 Å². The zero-order valence-electron chi connectivity index (χ0n) is 20.9. The average molecular weight is 456 g/mol. The summed E-state index contributed by atoms with van der Waals surface area (Å²) in [5.41, 5.74) is -0.250. The molecule has 1 amide bonds. The Labute approximate surface area is 192 Å². The summed E-state index contributed by atoms with van der Waals surface area (Å²) in [5.74, 6) is 0.294. The van der Waals surface area contributed by atoms with Crippen LogP contribution in [-0.4, -0.2) is 59.4 Å². The van der Waals surface area contributed by atoms with Gasteiger partial charge in [0.15, 0.2) is 0 Å². The van der Waals surface area contributed by atoms with Crippen molar-refractivity contribution in [2.45, 2.75) is 117 Å². The molecule has 0 saturated carbocycles. The highest BCUT2D eigenvalue weighted by molar-refractivity contribution is 7.44. The van der Waals surface area contributed by atoms with E-state index in [4.69, 9.17) is 15.6 Å². The predicted molar refractivity (Wildman–Crippen MR) is 130 cm³/mol. The quantitative estimate of drug-likeness (QED) is 0.162. The number of nitrogens with zero attached hydrogens (tertiary/aromatic N) is 3. The Hall–Kier alpha value is -0.730. The first-order valence-corrected chi connectivity index (χ1v) is 13.4. The van der Waals surface area contributed by atoms with Gasteiger partial charge >= 0.3 is 0 Å². The van der Waals surface area contributed by atoms with Crippen LogP contribution in [0.25, 0.3) is 4.85 Å². The molecule has 6 nitrogen and oxygen atoms in total. The Bertz CT molecular complexity index is 535. The van der Waals surface area contributed by atoms with Crippen LogP contribution in [0.3, 0.4) is 0 Å². The van der Waals surface area contributed by atoms with Crippen LogP contribution >= 0.6 is 8.53 Å². The van der Waals surface area contributed by atoms with E-state index in [-0.39, 0.29) is 5.60 Å². The molecule has 1 atom stereocenters. The van der Waals surface area contributed by atoms with Gasteiger partial charge in [0.05, 0.1) is 5.60 Å². The van der Waals surface area contributed by atoms with Gasteiger partial charge in [0.25, 0.3) is 8.53 Å². The highest BCUT2D eigenvalue weighted by atomic mass is 31.2. The fourth-order valence-electron chi connectivity index (χ4n) is 4.31. The van der Waals surface area contributed by atoms with Crippen molar-refractivity contribution < 1.29 is 13.8 Å². The van der Waals surface area contributed by atoms with E-state index >= 15 is 0 Å². The molecule has 1 aliphatic rings. The minimum atomic E-state index is -1.25. The van der Waals surface area contributed by atoms with Gasteiger partial charge in [-0.3, -0.25) is 4.79 Å². The van der Waals surface area contributed by atoms with Gasteiger partial charge in [-0.1, -0.05) is 39.5 Å². The minimum absolute atomic E-state index is 0.250. The van der Waals surface area contributed by atoms with Crippen LogP contribution in [0.4, 0.5) is 0 Å². The number of hydrogen-bond donors (Lipinski definition) is 0. The first-order chi connectivity index (χ1) is 14.8. The molecule has 1 aliphatic heterocycles. The number of piperidine rings is 1. The van der Waals surface area contributed by atoms with E-state index in [1.54, 1.807) is 0 Å². The molecule has 1 heterocycles. The fourth-order valence-corrected chi connectivity index (χ4v) is 6.19. The number of likely N-dealkylation sites (tertiary alicyclic amines) is 1. The molecule has 31 heavy (non-hydrogen) atoms. The number of amides is 1. The Morgan fingerprint density at radius 1 is 1.10 bits per heavy atom. The van der Waals surface area contributed by atoms with Gasteiger partial charge in [0.2, 0.25) is 12.5 Å². The number of unbranched alkanes of at least 4 members (excludes halogenated alkanes) is 3. The van der Waals surface area contributed by atoms with E-state index in [1.807, 2.05) is 4.90 Å².